The molecule has 168 valence electrons. The number of amides is 2. The van der Waals surface area contributed by atoms with Crippen LogP contribution in [-0.4, -0.2) is 18.4 Å². The standard InChI is InChI=1S/C28H22N2O4/c1-2-30-24-10-6-7-11-26(24)34-25-17-14-20(18-23(25)28(30)32)29-27(31)19-12-15-22(16-13-19)33-21-8-4-3-5-9-21/h3-18H,2H2,1H3,(H,29,31). The van der Waals surface area contributed by atoms with Gasteiger partial charge < -0.3 is 19.7 Å². The van der Waals surface area contributed by atoms with Gasteiger partial charge in [0.25, 0.3) is 11.8 Å². The number of para-hydroxylation sites is 3. The van der Waals surface area contributed by atoms with Crippen molar-refractivity contribution in [1.82, 2.24) is 0 Å². The first-order chi connectivity index (χ1) is 16.6. The highest BCUT2D eigenvalue weighted by molar-refractivity contribution is 6.11. The molecule has 2 amide bonds. The van der Waals surface area contributed by atoms with Crippen LogP contribution in [0.3, 0.4) is 0 Å². The van der Waals surface area contributed by atoms with E-state index in [0.717, 1.165) is 11.4 Å². The minimum Gasteiger partial charge on any atom is -0.457 e. The summed E-state index contributed by atoms with van der Waals surface area (Å²) in [5, 5.41) is 2.87. The third kappa shape index (κ3) is 4.21. The zero-order valence-electron chi connectivity index (χ0n) is 18.5. The summed E-state index contributed by atoms with van der Waals surface area (Å²) in [5.41, 5.74) is 2.09. The zero-order valence-corrected chi connectivity index (χ0v) is 18.5. The Morgan fingerprint density at radius 3 is 2.32 bits per heavy atom. The predicted molar refractivity (Wildman–Crippen MR) is 131 cm³/mol. The van der Waals surface area contributed by atoms with Crippen molar-refractivity contribution in [3.63, 3.8) is 0 Å². The Morgan fingerprint density at radius 1 is 0.853 bits per heavy atom. The molecule has 1 aliphatic rings. The lowest BCUT2D eigenvalue weighted by molar-refractivity contribution is 0.0985. The number of nitrogens with zero attached hydrogens (tertiary/aromatic N) is 1. The Hall–Kier alpha value is -4.58. The van der Waals surface area contributed by atoms with Gasteiger partial charge in [-0.15, -0.1) is 0 Å². The maximum absolute atomic E-state index is 13.2. The first kappa shape index (κ1) is 21.3. The number of fused-ring (bicyclic) bond motifs is 2. The third-order valence-electron chi connectivity index (χ3n) is 5.50. The lowest BCUT2D eigenvalue weighted by atomic mass is 10.1. The van der Waals surface area contributed by atoms with Crippen LogP contribution in [0.25, 0.3) is 0 Å². The van der Waals surface area contributed by atoms with E-state index in [1.165, 1.54) is 0 Å². The zero-order chi connectivity index (χ0) is 23.5. The molecule has 0 bridgehead atoms. The summed E-state index contributed by atoms with van der Waals surface area (Å²) in [5.74, 6) is 1.96. The second-order valence-electron chi connectivity index (χ2n) is 7.72. The molecule has 4 aromatic carbocycles. The second kappa shape index (κ2) is 9.11. The predicted octanol–water partition coefficient (Wildman–Crippen LogP) is 6.50. The molecule has 1 N–H and O–H groups in total. The van der Waals surface area contributed by atoms with E-state index in [9.17, 15) is 9.59 Å². The molecule has 1 heterocycles. The van der Waals surface area contributed by atoms with Gasteiger partial charge >= 0.3 is 0 Å². The number of carbonyl (C=O) groups is 2. The van der Waals surface area contributed by atoms with Crippen LogP contribution in [0.1, 0.15) is 27.6 Å². The number of rotatable bonds is 5. The van der Waals surface area contributed by atoms with Crippen molar-refractivity contribution < 1.29 is 19.1 Å². The summed E-state index contributed by atoms with van der Waals surface area (Å²) in [6.07, 6.45) is 0. The van der Waals surface area contributed by atoms with E-state index >= 15 is 0 Å². The van der Waals surface area contributed by atoms with Crippen LogP contribution in [0.2, 0.25) is 0 Å². The van der Waals surface area contributed by atoms with E-state index in [-0.39, 0.29) is 11.8 Å². The second-order valence-corrected chi connectivity index (χ2v) is 7.72. The lowest BCUT2D eigenvalue weighted by Gasteiger charge is -2.19. The summed E-state index contributed by atoms with van der Waals surface area (Å²) in [6, 6.07) is 28.8. The Balaban J connectivity index is 1.34. The molecule has 0 radical (unpaired) electrons. The number of carbonyl (C=O) groups excluding carboxylic acids is 2. The van der Waals surface area contributed by atoms with Crippen molar-refractivity contribution in [2.24, 2.45) is 0 Å². The van der Waals surface area contributed by atoms with Crippen LogP contribution in [0.15, 0.2) is 97.1 Å². The molecule has 5 rings (SSSR count). The first-order valence-electron chi connectivity index (χ1n) is 11.0. The molecule has 0 unspecified atom stereocenters. The lowest BCUT2D eigenvalue weighted by Crippen LogP contribution is -2.29. The van der Waals surface area contributed by atoms with Crippen molar-refractivity contribution in [3.05, 3.63) is 108 Å². The minimum absolute atomic E-state index is 0.180. The highest BCUT2D eigenvalue weighted by Crippen LogP contribution is 2.39. The van der Waals surface area contributed by atoms with Crippen molar-refractivity contribution >= 4 is 23.2 Å². The maximum atomic E-state index is 13.2. The molecule has 34 heavy (non-hydrogen) atoms. The fourth-order valence-electron chi connectivity index (χ4n) is 3.82. The number of benzene rings is 4. The van der Waals surface area contributed by atoms with Crippen LogP contribution in [0, 0.1) is 0 Å². The Labute approximate surface area is 197 Å². The van der Waals surface area contributed by atoms with Crippen molar-refractivity contribution in [1.29, 1.82) is 0 Å². The van der Waals surface area contributed by atoms with Gasteiger partial charge in [0.15, 0.2) is 5.75 Å². The van der Waals surface area contributed by atoms with E-state index in [0.29, 0.717) is 40.6 Å². The smallest absolute Gasteiger partial charge is 0.262 e. The normalized spacial score (nSPS) is 12.1. The highest BCUT2D eigenvalue weighted by atomic mass is 16.5. The van der Waals surface area contributed by atoms with Crippen LogP contribution in [0.4, 0.5) is 11.4 Å². The number of hydrogen-bond acceptors (Lipinski definition) is 4. The number of anilines is 2. The van der Waals surface area contributed by atoms with Crippen LogP contribution in [0.5, 0.6) is 23.0 Å². The van der Waals surface area contributed by atoms with Crippen molar-refractivity contribution in [2.45, 2.75) is 6.92 Å². The average molecular weight is 450 g/mol. The minimum atomic E-state index is -0.288. The van der Waals surface area contributed by atoms with E-state index in [4.69, 9.17) is 9.47 Å². The molecule has 4 aromatic rings. The SMILES string of the molecule is CCN1C(=O)c2cc(NC(=O)c3ccc(Oc4ccccc4)cc3)ccc2Oc2ccccc21. The van der Waals surface area contributed by atoms with Gasteiger partial charge in [-0.2, -0.15) is 0 Å². The topological polar surface area (TPSA) is 67.9 Å². The molecule has 0 fully saturated rings. The van der Waals surface area contributed by atoms with Crippen molar-refractivity contribution in [3.8, 4) is 23.0 Å². The molecular weight excluding hydrogens is 428 g/mol. The van der Waals surface area contributed by atoms with E-state index < -0.39 is 0 Å². The largest absolute Gasteiger partial charge is 0.457 e. The number of nitrogens with one attached hydrogen (secondary N) is 1. The quantitative estimate of drug-likeness (QED) is 0.377. The fourth-order valence-corrected chi connectivity index (χ4v) is 3.82. The maximum Gasteiger partial charge on any atom is 0.262 e. The first-order valence-corrected chi connectivity index (χ1v) is 11.0. The van der Waals surface area contributed by atoms with E-state index in [1.54, 1.807) is 47.4 Å². The van der Waals surface area contributed by atoms with E-state index in [2.05, 4.69) is 5.32 Å². The molecule has 0 saturated carbocycles. The monoisotopic (exact) mass is 450 g/mol. The van der Waals surface area contributed by atoms with Gasteiger partial charge in [-0.05, 0) is 73.7 Å². The molecule has 0 atom stereocenters. The molecule has 0 saturated heterocycles. The van der Waals surface area contributed by atoms with Gasteiger partial charge in [0.2, 0.25) is 0 Å². The van der Waals surface area contributed by atoms with Gasteiger partial charge in [0, 0.05) is 17.8 Å². The van der Waals surface area contributed by atoms with Crippen molar-refractivity contribution in [2.75, 3.05) is 16.8 Å². The Kier molecular flexibility index (Phi) is 5.70. The fraction of sp³-hybridized carbons (Fsp3) is 0.0714. The molecule has 6 nitrogen and oxygen atoms in total. The number of hydrogen-bond donors (Lipinski definition) is 1. The summed E-state index contributed by atoms with van der Waals surface area (Å²) >= 11 is 0. The van der Waals surface area contributed by atoms with Crippen LogP contribution < -0.4 is 19.7 Å². The summed E-state index contributed by atoms with van der Waals surface area (Å²) in [4.78, 5) is 27.7. The molecule has 0 spiro atoms. The van der Waals surface area contributed by atoms with Gasteiger partial charge in [-0.25, -0.2) is 0 Å². The number of ether oxygens (including phenoxy) is 2. The highest BCUT2D eigenvalue weighted by Gasteiger charge is 2.27. The summed E-state index contributed by atoms with van der Waals surface area (Å²) in [7, 11) is 0. The molecule has 0 aromatic heterocycles. The van der Waals surface area contributed by atoms with Crippen LogP contribution >= 0.6 is 0 Å². The Morgan fingerprint density at radius 2 is 1.56 bits per heavy atom. The van der Waals surface area contributed by atoms with E-state index in [1.807, 2.05) is 61.5 Å². The van der Waals surface area contributed by atoms with Gasteiger partial charge in [0.1, 0.15) is 17.2 Å². The third-order valence-corrected chi connectivity index (χ3v) is 5.50. The average Bonchev–Trinajstić information content (AvgIpc) is 2.98. The molecule has 6 heteroatoms. The summed E-state index contributed by atoms with van der Waals surface area (Å²) < 4.78 is 11.8. The van der Waals surface area contributed by atoms with Gasteiger partial charge in [-0.3, -0.25) is 9.59 Å². The molecular formula is C28H22N2O4. The molecule has 1 aliphatic heterocycles. The molecule has 0 aliphatic carbocycles. The van der Waals surface area contributed by atoms with Gasteiger partial charge in [-0.1, -0.05) is 30.3 Å². The van der Waals surface area contributed by atoms with Gasteiger partial charge in [0.05, 0.1) is 11.3 Å². The Bertz CT molecular complexity index is 1350. The summed E-state index contributed by atoms with van der Waals surface area (Å²) in [6.45, 7) is 2.41. The van der Waals surface area contributed by atoms with Crippen LogP contribution in [-0.2, 0) is 0 Å².